The smallest absolute Gasteiger partial charge is 0.328 e. The Morgan fingerprint density at radius 2 is 1.81 bits per heavy atom. The maximum absolute atomic E-state index is 14.6. The topological polar surface area (TPSA) is 71.1 Å². The van der Waals surface area contributed by atoms with E-state index in [9.17, 15) is 14.0 Å². The van der Waals surface area contributed by atoms with Gasteiger partial charge >= 0.3 is 6.03 Å². The number of nitrogens with one attached hydrogen (secondary N) is 1. The van der Waals surface area contributed by atoms with E-state index in [1.54, 1.807) is 6.07 Å². The molecule has 0 radical (unpaired) electrons. The highest BCUT2D eigenvalue weighted by Crippen LogP contribution is 2.31. The van der Waals surface area contributed by atoms with Crippen LogP contribution in [0.1, 0.15) is 19.3 Å². The first-order valence-corrected chi connectivity index (χ1v) is 9.01. The molecular weight excluding hydrogens is 341 g/mol. The number of rotatable bonds is 3. The monoisotopic (exact) mass is 363 g/mol. The third-order valence-corrected chi connectivity index (χ3v) is 5.21. The Morgan fingerprint density at radius 3 is 2.46 bits per heavy atom. The van der Waals surface area contributed by atoms with Gasteiger partial charge in [-0.05, 0) is 31.0 Å². The van der Waals surface area contributed by atoms with Gasteiger partial charge in [0.1, 0.15) is 5.82 Å². The van der Waals surface area contributed by atoms with Crippen LogP contribution in [-0.4, -0.2) is 51.1 Å². The first-order valence-electron chi connectivity index (χ1n) is 9.01. The van der Waals surface area contributed by atoms with Crippen LogP contribution in [0.25, 0.3) is 0 Å². The van der Waals surface area contributed by atoms with Crippen molar-refractivity contribution in [3.05, 3.63) is 24.0 Å². The lowest BCUT2D eigenvalue weighted by molar-refractivity contribution is -0.120. The number of amides is 3. The van der Waals surface area contributed by atoms with Gasteiger partial charge in [0.25, 0.3) is 0 Å². The number of imide groups is 1. The second kappa shape index (κ2) is 7.20. The van der Waals surface area contributed by atoms with Crippen LogP contribution < -0.4 is 15.1 Å². The number of benzene rings is 1. The van der Waals surface area contributed by atoms with E-state index in [0.29, 0.717) is 19.1 Å². The fraction of sp³-hybridized carbons (Fsp3) is 0.556. The van der Waals surface area contributed by atoms with E-state index in [1.165, 1.54) is 11.0 Å². The zero-order valence-corrected chi connectivity index (χ0v) is 14.4. The minimum Gasteiger partial charge on any atom is -0.371 e. The quantitative estimate of drug-likeness (QED) is 0.888. The molecule has 3 saturated heterocycles. The van der Waals surface area contributed by atoms with Crippen LogP contribution in [0.15, 0.2) is 18.2 Å². The molecule has 1 aromatic rings. The van der Waals surface area contributed by atoms with Crippen LogP contribution in [0.5, 0.6) is 0 Å². The summed E-state index contributed by atoms with van der Waals surface area (Å²) in [5.74, 6) is -0.412. The molecular formula is C18H22FN3O4. The third kappa shape index (κ3) is 3.39. The molecule has 0 aliphatic carbocycles. The second-order valence-corrected chi connectivity index (χ2v) is 6.83. The van der Waals surface area contributed by atoms with Crippen LogP contribution in [0, 0.1) is 11.7 Å². The Kier molecular flexibility index (Phi) is 4.78. The number of ether oxygens (including phenoxy) is 2. The number of nitrogens with zero attached hydrogens (tertiary/aromatic N) is 2. The zero-order chi connectivity index (χ0) is 18.1. The van der Waals surface area contributed by atoms with Gasteiger partial charge in [-0.1, -0.05) is 0 Å². The lowest BCUT2D eigenvalue weighted by Crippen LogP contribution is -2.49. The molecule has 26 heavy (non-hydrogen) atoms. The summed E-state index contributed by atoms with van der Waals surface area (Å²) >= 11 is 0. The minimum atomic E-state index is -0.578. The van der Waals surface area contributed by atoms with Gasteiger partial charge in [0.05, 0.1) is 18.9 Å². The lowest BCUT2D eigenvalue weighted by Gasteiger charge is -2.35. The fourth-order valence-corrected chi connectivity index (χ4v) is 3.78. The summed E-state index contributed by atoms with van der Waals surface area (Å²) in [6, 6.07) is 4.31. The largest absolute Gasteiger partial charge is 0.371 e. The Morgan fingerprint density at radius 1 is 1.08 bits per heavy atom. The number of hydrogen-bond donors (Lipinski definition) is 1. The fourth-order valence-electron chi connectivity index (χ4n) is 3.78. The highest BCUT2D eigenvalue weighted by molar-refractivity contribution is 6.05. The zero-order valence-electron chi connectivity index (χ0n) is 14.4. The van der Waals surface area contributed by atoms with Crippen molar-refractivity contribution in [3.63, 3.8) is 0 Å². The van der Waals surface area contributed by atoms with Crippen molar-refractivity contribution >= 4 is 23.3 Å². The average Bonchev–Trinajstić information content (AvgIpc) is 3.17. The molecule has 3 aliphatic rings. The molecule has 140 valence electrons. The summed E-state index contributed by atoms with van der Waals surface area (Å²) in [5, 5.41) is 2.21. The van der Waals surface area contributed by atoms with E-state index in [0.717, 1.165) is 31.6 Å². The van der Waals surface area contributed by atoms with Crippen molar-refractivity contribution in [2.45, 2.75) is 25.6 Å². The molecule has 3 aliphatic heterocycles. The molecule has 3 fully saturated rings. The molecule has 4 rings (SSSR count). The van der Waals surface area contributed by atoms with Crippen molar-refractivity contribution in [2.75, 3.05) is 42.6 Å². The molecule has 0 atom stereocenters. The van der Waals surface area contributed by atoms with Gasteiger partial charge in [-0.2, -0.15) is 0 Å². The molecule has 3 heterocycles. The van der Waals surface area contributed by atoms with Gasteiger partial charge in [-0.15, -0.1) is 0 Å². The number of piperidine rings is 1. The summed E-state index contributed by atoms with van der Waals surface area (Å²) in [7, 11) is 0. The normalized spacial score (nSPS) is 22.8. The minimum absolute atomic E-state index is 0.100. The first-order chi connectivity index (χ1) is 12.6. The van der Waals surface area contributed by atoms with Crippen molar-refractivity contribution < 1.29 is 23.5 Å². The molecule has 1 aromatic carbocycles. The molecule has 0 aromatic heterocycles. The number of halogens is 1. The summed E-state index contributed by atoms with van der Waals surface area (Å²) in [4.78, 5) is 26.5. The van der Waals surface area contributed by atoms with Crippen LogP contribution in [0.2, 0.25) is 0 Å². The van der Waals surface area contributed by atoms with Crippen LogP contribution >= 0.6 is 0 Å². The molecule has 0 bridgehead atoms. The Balaban J connectivity index is 1.42. The molecule has 3 amide bonds. The van der Waals surface area contributed by atoms with Gasteiger partial charge in [0.2, 0.25) is 5.91 Å². The van der Waals surface area contributed by atoms with E-state index in [1.807, 2.05) is 6.07 Å². The summed E-state index contributed by atoms with van der Waals surface area (Å²) in [6.45, 7) is 3.13. The van der Waals surface area contributed by atoms with Gasteiger partial charge < -0.3 is 14.4 Å². The lowest BCUT2D eigenvalue weighted by atomic mass is 9.95. The molecule has 1 N–H and O–H groups in total. The van der Waals surface area contributed by atoms with E-state index in [2.05, 4.69) is 10.2 Å². The number of carbonyl (C=O) groups is 2. The Labute approximate surface area is 151 Å². The number of hydrogen-bond acceptors (Lipinski definition) is 5. The first kappa shape index (κ1) is 17.2. The second-order valence-electron chi connectivity index (χ2n) is 6.83. The highest BCUT2D eigenvalue weighted by Gasteiger charge is 2.31. The average molecular weight is 363 g/mol. The predicted molar refractivity (Wildman–Crippen MR) is 92.5 cm³/mol. The van der Waals surface area contributed by atoms with E-state index in [4.69, 9.17) is 9.47 Å². The van der Waals surface area contributed by atoms with Crippen molar-refractivity contribution in [2.24, 2.45) is 5.92 Å². The van der Waals surface area contributed by atoms with Gasteiger partial charge in [0, 0.05) is 37.7 Å². The maximum atomic E-state index is 14.6. The summed E-state index contributed by atoms with van der Waals surface area (Å²) < 4.78 is 25.8. The molecule has 0 saturated carbocycles. The molecule has 8 heteroatoms. The maximum Gasteiger partial charge on any atom is 0.328 e. The van der Waals surface area contributed by atoms with Crippen LogP contribution in [0.3, 0.4) is 0 Å². The Bertz CT molecular complexity index is 700. The highest BCUT2D eigenvalue weighted by atomic mass is 19.1. The van der Waals surface area contributed by atoms with E-state index in [-0.39, 0.29) is 30.9 Å². The van der Waals surface area contributed by atoms with Crippen molar-refractivity contribution in [1.82, 2.24) is 5.32 Å². The van der Waals surface area contributed by atoms with Gasteiger partial charge in [0.15, 0.2) is 6.29 Å². The van der Waals surface area contributed by atoms with Crippen LogP contribution in [-0.2, 0) is 14.3 Å². The predicted octanol–water partition coefficient (Wildman–Crippen LogP) is 1.86. The standard InChI is InChI=1S/C18H22FN3O4/c19-14-11-13(1-2-15(14)22-8-5-16(23)20-18(22)24)21-6-3-12(4-7-21)17-25-9-10-26-17/h1-2,11-12,17H,3-10H2,(H,20,23,24). The molecule has 0 spiro atoms. The number of carbonyl (C=O) groups excluding carboxylic acids is 2. The third-order valence-electron chi connectivity index (χ3n) is 5.21. The van der Waals surface area contributed by atoms with Gasteiger partial charge in [-0.3, -0.25) is 15.0 Å². The number of urea groups is 1. The van der Waals surface area contributed by atoms with E-state index < -0.39 is 11.8 Å². The summed E-state index contributed by atoms with van der Waals surface area (Å²) in [5.41, 5.74) is 0.993. The Hall–Kier alpha value is -2.19. The van der Waals surface area contributed by atoms with Crippen LogP contribution in [0.4, 0.5) is 20.6 Å². The van der Waals surface area contributed by atoms with Gasteiger partial charge in [-0.25, -0.2) is 9.18 Å². The SMILES string of the molecule is O=C1CCN(c2ccc(N3CCC(C4OCCO4)CC3)cc2F)C(=O)N1. The van der Waals surface area contributed by atoms with E-state index >= 15 is 0 Å². The van der Waals surface area contributed by atoms with Crippen molar-refractivity contribution in [1.29, 1.82) is 0 Å². The molecule has 7 nitrogen and oxygen atoms in total. The van der Waals surface area contributed by atoms with Crippen molar-refractivity contribution in [3.8, 4) is 0 Å². The number of anilines is 2. The summed E-state index contributed by atoms with van der Waals surface area (Å²) in [6.07, 6.45) is 1.94. The molecule has 0 unspecified atom stereocenters.